The average Bonchev–Trinajstić information content (AvgIpc) is 3.16. The quantitative estimate of drug-likeness (QED) is 0.761. The number of carbonyl (C=O) groups excluding carboxylic acids is 3. The number of esters is 1. The monoisotopic (exact) mass is 394 g/mol. The van der Waals surface area contributed by atoms with Gasteiger partial charge in [-0.3, -0.25) is 14.4 Å². The van der Waals surface area contributed by atoms with E-state index in [2.05, 4.69) is 10.6 Å². The molecule has 2 unspecified atom stereocenters. The molecular formula is C22H22N2O5. The molecule has 29 heavy (non-hydrogen) atoms. The highest BCUT2D eigenvalue weighted by molar-refractivity contribution is 6.00. The number of hydrogen-bond acceptors (Lipinski definition) is 5. The molecule has 0 saturated carbocycles. The fourth-order valence-corrected chi connectivity index (χ4v) is 3.57. The van der Waals surface area contributed by atoms with Crippen LogP contribution in [0.4, 0.5) is 11.4 Å². The Kier molecular flexibility index (Phi) is 5.20. The van der Waals surface area contributed by atoms with Gasteiger partial charge in [-0.05, 0) is 61.6 Å². The topological polar surface area (TPSA) is 93.7 Å². The summed E-state index contributed by atoms with van der Waals surface area (Å²) in [5, 5.41) is 5.47. The van der Waals surface area contributed by atoms with Crippen LogP contribution in [0, 0.1) is 0 Å². The number of rotatable bonds is 5. The first-order chi connectivity index (χ1) is 14.0. The molecule has 2 aromatic carbocycles. The van der Waals surface area contributed by atoms with Gasteiger partial charge >= 0.3 is 5.97 Å². The van der Waals surface area contributed by atoms with Crippen molar-refractivity contribution in [2.24, 2.45) is 0 Å². The lowest BCUT2D eigenvalue weighted by Crippen LogP contribution is -2.40. The Balaban J connectivity index is 1.31. The normalized spacial score (nSPS) is 18.0. The van der Waals surface area contributed by atoms with Crippen molar-refractivity contribution in [3.05, 3.63) is 53.6 Å². The molecule has 0 aromatic heterocycles. The molecule has 4 rings (SSSR count). The van der Waals surface area contributed by atoms with E-state index in [1.54, 1.807) is 24.3 Å². The van der Waals surface area contributed by atoms with Crippen molar-refractivity contribution in [1.29, 1.82) is 0 Å². The minimum absolute atomic E-state index is 0.281. The van der Waals surface area contributed by atoms with E-state index in [1.807, 2.05) is 18.2 Å². The molecule has 150 valence electrons. The number of amides is 2. The number of hydrogen-bond donors (Lipinski definition) is 2. The summed E-state index contributed by atoms with van der Waals surface area (Å²) in [4.78, 5) is 36.7. The van der Waals surface area contributed by atoms with Gasteiger partial charge in [-0.25, -0.2) is 0 Å². The molecule has 0 radical (unpaired) electrons. The molecule has 0 bridgehead atoms. The number of nitrogens with one attached hydrogen (secondary N) is 2. The average molecular weight is 394 g/mol. The van der Waals surface area contributed by atoms with Crippen molar-refractivity contribution in [1.82, 2.24) is 0 Å². The maximum atomic E-state index is 12.4. The predicted octanol–water partition coefficient (Wildman–Crippen LogP) is 2.84. The summed E-state index contributed by atoms with van der Waals surface area (Å²) in [6.07, 6.45) is 0.937. The molecule has 2 N–H and O–H groups in total. The lowest BCUT2D eigenvalue weighted by Gasteiger charge is -2.25. The fourth-order valence-electron chi connectivity index (χ4n) is 3.57. The highest BCUT2D eigenvalue weighted by Crippen LogP contribution is 2.30. The van der Waals surface area contributed by atoms with Gasteiger partial charge < -0.3 is 20.1 Å². The van der Waals surface area contributed by atoms with Crippen LogP contribution in [0.5, 0.6) is 5.75 Å². The Morgan fingerprint density at radius 3 is 2.86 bits per heavy atom. The van der Waals surface area contributed by atoms with Gasteiger partial charge in [0, 0.05) is 5.69 Å². The summed E-state index contributed by atoms with van der Waals surface area (Å²) < 4.78 is 10.8. The van der Waals surface area contributed by atoms with E-state index in [9.17, 15) is 14.4 Å². The molecular weight excluding hydrogens is 372 g/mol. The summed E-state index contributed by atoms with van der Waals surface area (Å²) in [5.41, 5.74) is 3.80. The van der Waals surface area contributed by atoms with Gasteiger partial charge in [-0.1, -0.05) is 18.2 Å². The predicted molar refractivity (Wildman–Crippen MR) is 107 cm³/mol. The number of ether oxygens (including phenoxy) is 2. The van der Waals surface area contributed by atoms with Crippen LogP contribution >= 0.6 is 0 Å². The number of carbonyl (C=O) groups is 3. The minimum Gasteiger partial charge on any atom is -0.478 e. The van der Waals surface area contributed by atoms with Crippen LogP contribution in [-0.4, -0.2) is 30.0 Å². The number of para-hydroxylation sites is 2. The molecule has 0 saturated heterocycles. The standard InChI is InChI=1S/C22H22N2O5/c1-13(21(26)23-16-10-9-14-5-4-6-15(14)11-16)28-20(25)12-19-22(27)24-17-7-2-3-8-18(17)29-19/h2-3,7-11,13,19H,4-6,12H2,1H3,(H,23,26)(H,24,27). The van der Waals surface area contributed by atoms with E-state index >= 15 is 0 Å². The molecule has 7 heteroatoms. The Labute approximate surface area is 168 Å². The second-order valence-electron chi connectivity index (χ2n) is 7.25. The third-order valence-corrected chi connectivity index (χ3v) is 5.10. The molecule has 2 amide bonds. The van der Waals surface area contributed by atoms with Gasteiger partial charge in [-0.15, -0.1) is 0 Å². The fraction of sp³-hybridized carbons (Fsp3) is 0.318. The number of anilines is 2. The van der Waals surface area contributed by atoms with Gasteiger partial charge in [-0.2, -0.15) is 0 Å². The Bertz CT molecular complexity index is 971. The van der Waals surface area contributed by atoms with Crippen LogP contribution in [0.25, 0.3) is 0 Å². The molecule has 1 aliphatic carbocycles. The van der Waals surface area contributed by atoms with Crippen molar-refractivity contribution < 1.29 is 23.9 Å². The summed E-state index contributed by atoms with van der Waals surface area (Å²) >= 11 is 0. The lowest BCUT2D eigenvalue weighted by atomic mass is 10.1. The first-order valence-corrected chi connectivity index (χ1v) is 9.68. The zero-order chi connectivity index (χ0) is 20.4. The smallest absolute Gasteiger partial charge is 0.310 e. The zero-order valence-corrected chi connectivity index (χ0v) is 16.1. The van der Waals surface area contributed by atoms with Crippen LogP contribution in [0.1, 0.15) is 30.9 Å². The van der Waals surface area contributed by atoms with Gasteiger partial charge in [0.2, 0.25) is 0 Å². The minimum atomic E-state index is -0.996. The van der Waals surface area contributed by atoms with E-state index in [0.717, 1.165) is 19.3 Å². The molecule has 2 aromatic rings. The van der Waals surface area contributed by atoms with Gasteiger partial charge in [0.1, 0.15) is 5.75 Å². The maximum Gasteiger partial charge on any atom is 0.310 e. The van der Waals surface area contributed by atoms with E-state index < -0.39 is 30.0 Å². The Morgan fingerprint density at radius 1 is 1.21 bits per heavy atom. The summed E-state index contributed by atoms with van der Waals surface area (Å²) in [6.45, 7) is 1.50. The summed E-state index contributed by atoms with van der Waals surface area (Å²) in [6, 6.07) is 12.8. The summed E-state index contributed by atoms with van der Waals surface area (Å²) in [7, 11) is 0. The van der Waals surface area contributed by atoms with Crippen molar-refractivity contribution in [2.75, 3.05) is 10.6 Å². The van der Waals surface area contributed by atoms with Crippen LogP contribution in [-0.2, 0) is 32.0 Å². The number of benzene rings is 2. The molecule has 1 heterocycles. The highest BCUT2D eigenvalue weighted by Gasteiger charge is 2.31. The Hall–Kier alpha value is -3.35. The van der Waals surface area contributed by atoms with E-state index in [0.29, 0.717) is 17.1 Å². The van der Waals surface area contributed by atoms with Crippen molar-refractivity contribution in [3.8, 4) is 5.75 Å². The second kappa shape index (κ2) is 7.95. The molecule has 2 atom stereocenters. The van der Waals surface area contributed by atoms with Gasteiger partial charge in [0.15, 0.2) is 12.2 Å². The van der Waals surface area contributed by atoms with Crippen molar-refractivity contribution in [3.63, 3.8) is 0 Å². The van der Waals surface area contributed by atoms with Crippen molar-refractivity contribution in [2.45, 2.75) is 44.8 Å². The van der Waals surface area contributed by atoms with E-state index in [-0.39, 0.29) is 6.42 Å². The van der Waals surface area contributed by atoms with E-state index in [1.165, 1.54) is 18.1 Å². The Morgan fingerprint density at radius 2 is 2.00 bits per heavy atom. The largest absolute Gasteiger partial charge is 0.478 e. The third-order valence-electron chi connectivity index (χ3n) is 5.10. The second-order valence-corrected chi connectivity index (χ2v) is 7.25. The number of fused-ring (bicyclic) bond motifs is 2. The van der Waals surface area contributed by atoms with Crippen LogP contribution in [0.2, 0.25) is 0 Å². The molecule has 0 spiro atoms. The first kappa shape index (κ1) is 19.0. The van der Waals surface area contributed by atoms with Crippen molar-refractivity contribution >= 4 is 29.2 Å². The van der Waals surface area contributed by atoms with Crippen LogP contribution in [0.15, 0.2) is 42.5 Å². The van der Waals surface area contributed by atoms with Crippen LogP contribution in [0.3, 0.4) is 0 Å². The molecule has 1 aliphatic heterocycles. The van der Waals surface area contributed by atoms with Gasteiger partial charge in [0.25, 0.3) is 11.8 Å². The number of aryl methyl sites for hydroxylation is 2. The molecule has 7 nitrogen and oxygen atoms in total. The van der Waals surface area contributed by atoms with E-state index in [4.69, 9.17) is 9.47 Å². The van der Waals surface area contributed by atoms with Crippen LogP contribution < -0.4 is 15.4 Å². The maximum absolute atomic E-state index is 12.4. The van der Waals surface area contributed by atoms with Gasteiger partial charge in [0.05, 0.1) is 12.1 Å². The molecule has 0 fully saturated rings. The SMILES string of the molecule is CC(OC(=O)CC1Oc2ccccc2NC1=O)C(=O)Nc1ccc2c(c1)CCC2. The molecule has 2 aliphatic rings. The third kappa shape index (κ3) is 4.23. The lowest BCUT2D eigenvalue weighted by molar-refractivity contribution is -0.155. The summed E-state index contributed by atoms with van der Waals surface area (Å²) in [5.74, 6) is -1.03. The highest BCUT2D eigenvalue weighted by atomic mass is 16.6. The first-order valence-electron chi connectivity index (χ1n) is 9.68. The zero-order valence-electron chi connectivity index (χ0n) is 16.1.